The lowest BCUT2D eigenvalue weighted by atomic mass is 10.0. The number of amides is 1. The third kappa shape index (κ3) is 4.83. The summed E-state index contributed by atoms with van der Waals surface area (Å²) >= 11 is 0. The number of hydrogen-bond donors (Lipinski definition) is 1. The van der Waals surface area contributed by atoms with Crippen LogP contribution in [0.4, 0.5) is 0 Å². The Hall–Kier alpha value is -2.70. The van der Waals surface area contributed by atoms with Gasteiger partial charge in [-0.05, 0) is 18.1 Å². The molecule has 6 nitrogen and oxygen atoms in total. The van der Waals surface area contributed by atoms with E-state index in [0.717, 1.165) is 31.9 Å². The molecule has 29 heavy (non-hydrogen) atoms. The summed E-state index contributed by atoms with van der Waals surface area (Å²) in [6, 6.07) is 18.5. The highest BCUT2D eigenvalue weighted by molar-refractivity contribution is 6.39. The number of rotatable bonds is 6. The lowest BCUT2D eigenvalue weighted by Crippen LogP contribution is -2.44. The molecule has 2 aromatic rings. The molecule has 152 valence electrons. The number of nitrogens with zero attached hydrogens (tertiary/aromatic N) is 2. The number of aryl methyl sites for hydroxylation is 1. The van der Waals surface area contributed by atoms with Gasteiger partial charge in [-0.2, -0.15) is 0 Å². The van der Waals surface area contributed by atoms with E-state index >= 15 is 0 Å². The fraction of sp³-hybridized carbons (Fsp3) is 0.391. The molecule has 4 rings (SSSR count). The largest absolute Gasteiger partial charge is 0.387 e. The minimum absolute atomic E-state index is 0.108. The van der Waals surface area contributed by atoms with Gasteiger partial charge >= 0.3 is 0 Å². The Kier molecular flexibility index (Phi) is 6.22. The van der Waals surface area contributed by atoms with Crippen LogP contribution in [0.1, 0.15) is 35.3 Å². The summed E-state index contributed by atoms with van der Waals surface area (Å²) in [7, 11) is 0. The first-order chi connectivity index (χ1) is 14.2. The minimum atomic E-state index is -0.191. The molecule has 0 spiro atoms. The Morgan fingerprint density at radius 1 is 1.14 bits per heavy atom. The number of nitrogens with one attached hydrogen (secondary N) is 1. The van der Waals surface area contributed by atoms with Gasteiger partial charge in [0.15, 0.2) is 6.10 Å². The second-order valence-electron chi connectivity index (χ2n) is 7.53. The molecule has 2 unspecified atom stereocenters. The average Bonchev–Trinajstić information content (AvgIpc) is 3.27. The summed E-state index contributed by atoms with van der Waals surface area (Å²) in [5.41, 5.74) is 3.90. The van der Waals surface area contributed by atoms with Gasteiger partial charge in [0.05, 0.1) is 19.3 Å². The van der Waals surface area contributed by atoms with Gasteiger partial charge < -0.3 is 14.9 Å². The predicted octanol–water partition coefficient (Wildman–Crippen LogP) is 3.00. The molecule has 0 aromatic heterocycles. The van der Waals surface area contributed by atoms with Crippen LogP contribution >= 0.6 is 0 Å². The Labute approximate surface area is 171 Å². The van der Waals surface area contributed by atoms with Crippen molar-refractivity contribution in [2.24, 2.45) is 5.16 Å². The van der Waals surface area contributed by atoms with Gasteiger partial charge in [0.1, 0.15) is 5.71 Å². The van der Waals surface area contributed by atoms with Crippen LogP contribution in [-0.4, -0.2) is 49.4 Å². The van der Waals surface area contributed by atoms with Gasteiger partial charge in [0, 0.05) is 26.1 Å². The van der Waals surface area contributed by atoms with Crippen molar-refractivity contribution in [3.63, 3.8) is 0 Å². The molecule has 6 heteroatoms. The number of oxime groups is 1. The van der Waals surface area contributed by atoms with Gasteiger partial charge in [-0.15, -0.1) is 0 Å². The van der Waals surface area contributed by atoms with Crippen LogP contribution < -0.4 is 5.32 Å². The summed E-state index contributed by atoms with van der Waals surface area (Å²) in [6.07, 6.45) is 0.298. The SMILES string of the molecule is Cc1ccc(C(CNC(=O)C2=NOC(c3ccccc3)C2)N2CCOCC2)cc1. The number of carbonyl (C=O) groups is 1. The van der Waals surface area contributed by atoms with Crippen LogP contribution in [0.15, 0.2) is 59.8 Å². The number of benzene rings is 2. The number of hydrogen-bond acceptors (Lipinski definition) is 5. The van der Waals surface area contributed by atoms with Crippen LogP contribution in [0, 0.1) is 6.92 Å². The first kappa shape index (κ1) is 19.6. The summed E-state index contributed by atoms with van der Waals surface area (Å²) < 4.78 is 5.50. The Morgan fingerprint density at radius 3 is 2.59 bits per heavy atom. The highest BCUT2D eigenvalue weighted by atomic mass is 16.6. The van der Waals surface area contributed by atoms with Crippen LogP contribution in [0.2, 0.25) is 0 Å². The predicted molar refractivity (Wildman–Crippen MR) is 112 cm³/mol. The molecule has 2 aliphatic heterocycles. The maximum atomic E-state index is 12.7. The highest BCUT2D eigenvalue weighted by Crippen LogP contribution is 2.27. The third-order valence-corrected chi connectivity index (χ3v) is 5.51. The van der Waals surface area contributed by atoms with Crippen molar-refractivity contribution in [2.45, 2.75) is 25.5 Å². The fourth-order valence-electron chi connectivity index (χ4n) is 3.78. The molecule has 0 radical (unpaired) electrons. The van der Waals surface area contributed by atoms with E-state index in [2.05, 4.69) is 46.6 Å². The van der Waals surface area contributed by atoms with Crippen molar-refractivity contribution in [3.8, 4) is 0 Å². The van der Waals surface area contributed by atoms with Crippen molar-refractivity contribution in [1.82, 2.24) is 10.2 Å². The van der Waals surface area contributed by atoms with Crippen molar-refractivity contribution in [1.29, 1.82) is 0 Å². The number of morpholine rings is 1. The van der Waals surface area contributed by atoms with E-state index in [-0.39, 0.29) is 18.1 Å². The maximum absolute atomic E-state index is 12.7. The molecular weight excluding hydrogens is 366 g/mol. The molecular formula is C23H27N3O3. The van der Waals surface area contributed by atoms with E-state index < -0.39 is 0 Å². The van der Waals surface area contributed by atoms with E-state index in [1.165, 1.54) is 11.1 Å². The van der Waals surface area contributed by atoms with Crippen molar-refractivity contribution in [3.05, 3.63) is 71.3 Å². The maximum Gasteiger partial charge on any atom is 0.269 e. The monoisotopic (exact) mass is 393 g/mol. The van der Waals surface area contributed by atoms with Crippen LogP contribution in [0.5, 0.6) is 0 Å². The number of ether oxygens (including phenoxy) is 1. The van der Waals surface area contributed by atoms with Crippen LogP contribution in [0.25, 0.3) is 0 Å². The summed E-state index contributed by atoms with van der Waals surface area (Å²) in [4.78, 5) is 20.6. The number of carbonyl (C=O) groups excluding carboxylic acids is 1. The van der Waals surface area contributed by atoms with E-state index in [1.807, 2.05) is 30.3 Å². The first-order valence-electron chi connectivity index (χ1n) is 10.1. The van der Waals surface area contributed by atoms with E-state index in [0.29, 0.717) is 18.7 Å². The van der Waals surface area contributed by atoms with Crippen molar-refractivity contribution >= 4 is 11.6 Å². The molecule has 1 fully saturated rings. The molecule has 1 N–H and O–H groups in total. The molecule has 2 atom stereocenters. The van der Waals surface area contributed by atoms with E-state index in [1.54, 1.807) is 0 Å². The fourth-order valence-corrected chi connectivity index (χ4v) is 3.78. The van der Waals surface area contributed by atoms with E-state index in [9.17, 15) is 4.79 Å². The minimum Gasteiger partial charge on any atom is -0.387 e. The van der Waals surface area contributed by atoms with Crippen molar-refractivity contribution < 1.29 is 14.4 Å². The quantitative estimate of drug-likeness (QED) is 0.820. The zero-order valence-electron chi connectivity index (χ0n) is 16.7. The molecule has 0 bridgehead atoms. The Bertz CT molecular complexity index is 845. The molecule has 1 amide bonds. The molecule has 2 aliphatic rings. The van der Waals surface area contributed by atoms with Gasteiger partial charge in [0.2, 0.25) is 0 Å². The molecule has 0 aliphatic carbocycles. The Morgan fingerprint density at radius 2 is 1.86 bits per heavy atom. The average molecular weight is 393 g/mol. The highest BCUT2D eigenvalue weighted by Gasteiger charge is 2.29. The van der Waals surface area contributed by atoms with Crippen LogP contribution in [0.3, 0.4) is 0 Å². The Balaban J connectivity index is 1.39. The standard InChI is InChI=1S/C23H27N3O3/c1-17-7-9-18(10-8-17)21(26-11-13-28-14-12-26)16-24-23(27)20-15-22(29-25-20)19-5-3-2-4-6-19/h2-10,21-22H,11-16H2,1H3,(H,24,27). The van der Waals surface area contributed by atoms with Gasteiger partial charge in [-0.1, -0.05) is 65.3 Å². The summed E-state index contributed by atoms with van der Waals surface area (Å²) in [5.74, 6) is -0.159. The summed E-state index contributed by atoms with van der Waals surface area (Å²) in [6.45, 7) is 5.75. The molecule has 2 aromatic carbocycles. The van der Waals surface area contributed by atoms with Gasteiger partial charge in [-0.3, -0.25) is 9.69 Å². The lowest BCUT2D eigenvalue weighted by Gasteiger charge is -2.35. The van der Waals surface area contributed by atoms with Gasteiger partial charge in [-0.25, -0.2) is 0 Å². The third-order valence-electron chi connectivity index (χ3n) is 5.51. The zero-order valence-corrected chi connectivity index (χ0v) is 16.7. The molecule has 0 saturated carbocycles. The first-order valence-corrected chi connectivity index (χ1v) is 10.1. The van der Waals surface area contributed by atoms with E-state index in [4.69, 9.17) is 9.57 Å². The van der Waals surface area contributed by atoms with Crippen molar-refractivity contribution in [2.75, 3.05) is 32.8 Å². The topological polar surface area (TPSA) is 63.2 Å². The molecule has 1 saturated heterocycles. The summed E-state index contributed by atoms with van der Waals surface area (Å²) in [5, 5.41) is 7.11. The second kappa shape index (κ2) is 9.20. The molecule has 2 heterocycles. The second-order valence-corrected chi connectivity index (χ2v) is 7.53. The smallest absolute Gasteiger partial charge is 0.269 e. The zero-order chi connectivity index (χ0) is 20.1. The lowest BCUT2D eigenvalue weighted by molar-refractivity contribution is -0.115. The van der Waals surface area contributed by atoms with Gasteiger partial charge in [0.25, 0.3) is 5.91 Å². The van der Waals surface area contributed by atoms with Crippen LogP contribution in [-0.2, 0) is 14.4 Å². The normalized spacial score (nSPS) is 20.6.